The SMILES string of the molecule is COc1ncccc1[C@H]1CNC(=O)CC12CCN(C(=O)[C@](OC)(c1ccccc1)C(F)(F)F)CC2. The summed E-state index contributed by atoms with van der Waals surface area (Å²) in [5, 5.41) is 2.89. The van der Waals surface area contributed by atoms with Crippen LogP contribution in [0.2, 0.25) is 0 Å². The van der Waals surface area contributed by atoms with Gasteiger partial charge >= 0.3 is 6.18 Å². The number of alkyl halides is 3. The van der Waals surface area contributed by atoms with Crippen LogP contribution in [0.15, 0.2) is 48.7 Å². The second-order valence-corrected chi connectivity index (χ2v) is 9.04. The molecular formula is C25H28F3N3O4. The van der Waals surface area contributed by atoms with Gasteiger partial charge in [0.25, 0.3) is 11.5 Å². The zero-order valence-corrected chi connectivity index (χ0v) is 19.6. The second-order valence-electron chi connectivity index (χ2n) is 9.04. The Morgan fingerprint density at radius 2 is 1.80 bits per heavy atom. The zero-order valence-electron chi connectivity index (χ0n) is 19.6. The lowest BCUT2D eigenvalue weighted by molar-refractivity contribution is -0.271. The zero-order chi connectivity index (χ0) is 25.3. The van der Waals surface area contributed by atoms with Gasteiger partial charge in [0.1, 0.15) is 0 Å². The number of amides is 2. The number of piperidine rings is 2. The van der Waals surface area contributed by atoms with Crippen LogP contribution in [-0.4, -0.2) is 61.7 Å². The van der Waals surface area contributed by atoms with E-state index in [-0.39, 0.29) is 36.9 Å². The van der Waals surface area contributed by atoms with Crippen LogP contribution < -0.4 is 10.1 Å². The largest absolute Gasteiger partial charge is 0.481 e. The van der Waals surface area contributed by atoms with E-state index in [9.17, 15) is 22.8 Å². The quantitative estimate of drug-likeness (QED) is 0.694. The molecule has 2 aromatic rings. The third-order valence-electron chi connectivity index (χ3n) is 7.36. The molecule has 2 atom stereocenters. The van der Waals surface area contributed by atoms with Crippen molar-refractivity contribution >= 4 is 11.8 Å². The van der Waals surface area contributed by atoms with E-state index in [0.29, 0.717) is 25.3 Å². The molecule has 0 unspecified atom stereocenters. The van der Waals surface area contributed by atoms with E-state index in [2.05, 4.69) is 10.3 Å². The normalized spacial score (nSPS) is 21.8. The first kappa shape index (κ1) is 25.0. The summed E-state index contributed by atoms with van der Waals surface area (Å²) in [7, 11) is 2.42. The number of likely N-dealkylation sites (tertiary alicyclic amines) is 1. The smallest absolute Gasteiger partial charge is 0.430 e. The molecule has 1 spiro atoms. The van der Waals surface area contributed by atoms with Gasteiger partial charge in [0.15, 0.2) is 0 Å². The van der Waals surface area contributed by atoms with Crippen LogP contribution >= 0.6 is 0 Å². The molecule has 0 radical (unpaired) electrons. The van der Waals surface area contributed by atoms with Gasteiger partial charge in [-0.15, -0.1) is 0 Å². The van der Waals surface area contributed by atoms with Crippen LogP contribution in [0.1, 0.15) is 36.3 Å². The number of hydrogen-bond donors (Lipinski definition) is 1. The summed E-state index contributed by atoms with van der Waals surface area (Å²) in [6, 6.07) is 10.6. The number of benzene rings is 1. The van der Waals surface area contributed by atoms with E-state index in [1.54, 1.807) is 18.3 Å². The molecule has 35 heavy (non-hydrogen) atoms. The predicted octanol–water partition coefficient (Wildman–Crippen LogP) is 3.41. The topological polar surface area (TPSA) is 80.8 Å². The molecule has 1 N–H and O–H groups in total. The summed E-state index contributed by atoms with van der Waals surface area (Å²) in [5.74, 6) is -0.963. The highest BCUT2D eigenvalue weighted by atomic mass is 19.4. The van der Waals surface area contributed by atoms with Crippen molar-refractivity contribution in [3.8, 4) is 5.88 Å². The van der Waals surface area contributed by atoms with Crippen molar-refractivity contribution < 1.29 is 32.2 Å². The number of halogens is 3. The van der Waals surface area contributed by atoms with Gasteiger partial charge in [-0.3, -0.25) is 9.59 Å². The minimum Gasteiger partial charge on any atom is -0.481 e. The van der Waals surface area contributed by atoms with Gasteiger partial charge in [0.2, 0.25) is 11.8 Å². The van der Waals surface area contributed by atoms with Gasteiger partial charge in [-0.2, -0.15) is 13.2 Å². The Balaban J connectivity index is 1.64. The number of methoxy groups -OCH3 is 2. The summed E-state index contributed by atoms with van der Waals surface area (Å²) in [6.07, 6.45) is -2.41. The molecule has 2 fully saturated rings. The Bertz CT molecular complexity index is 1070. The summed E-state index contributed by atoms with van der Waals surface area (Å²) >= 11 is 0. The lowest BCUT2D eigenvalue weighted by atomic mass is 9.62. The first-order valence-corrected chi connectivity index (χ1v) is 11.4. The molecule has 2 amide bonds. The molecule has 7 nitrogen and oxygen atoms in total. The van der Waals surface area contributed by atoms with E-state index >= 15 is 0 Å². The van der Waals surface area contributed by atoms with Crippen molar-refractivity contribution in [2.24, 2.45) is 5.41 Å². The summed E-state index contributed by atoms with van der Waals surface area (Å²) in [4.78, 5) is 31.3. The van der Waals surface area contributed by atoms with E-state index in [4.69, 9.17) is 9.47 Å². The molecule has 2 aliphatic rings. The molecule has 2 aliphatic heterocycles. The number of carbonyl (C=O) groups excluding carboxylic acids is 2. The fourth-order valence-corrected chi connectivity index (χ4v) is 5.52. The third kappa shape index (κ3) is 4.24. The van der Waals surface area contributed by atoms with Crippen LogP contribution in [0.5, 0.6) is 5.88 Å². The van der Waals surface area contributed by atoms with Crippen LogP contribution in [0.3, 0.4) is 0 Å². The number of nitrogens with one attached hydrogen (secondary N) is 1. The average molecular weight is 492 g/mol. The molecule has 1 aromatic carbocycles. The Hall–Kier alpha value is -3.14. The molecular weight excluding hydrogens is 463 g/mol. The number of ether oxygens (including phenoxy) is 2. The highest BCUT2D eigenvalue weighted by Gasteiger charge is 2.64. The Morgan fingerprint density at radius 1 is 1.11 bits per heavy atom. The first-order chi connectivity index (χ1) is 16.7. The number of nitrogens with zero attached hydrogens (tertiary/aromatic N) is 2. The van der Waals surface area contributed by atoms with Crippen molar-refractivity contribution in [2.45, 2.75) is 37.0 Å². The maximum Gasteiger partial charge on any atom is 0.430 e. The molecule has 3 heterocycles. The molecule has 188 valence electrons. The second kappa shape index (κ2) is 9.49. The van der Waals surface area contributed by atoms with Crippen molar-refractivity contribution in [2.75, 3.05) is 33.9 Å². The number of aromatic nitrogens is 1. The maximum atomic E-state index is 14.4. The highest BCUT2D eigenvalue weighted by molar-refractivity contribution is 5.88. The number of rotatable bonds is 5. The summed E-state index contributed by atoms with van der Waals surface area (Å²) < 4.78 is 53.6. The molecule has 0 bridgehead atoms. The van der Waals surface area contributed by atoms with Crippen LogP contribution in [-0.2, 0) is 19.9 Å². The Morgan fingerprint density at radius 3 is 2.40 bits per heavy atom. The first-order valence-electron chi connectivity index (χ1n) is 11.4. The highest BCUT2D eigenvalue weighted by Crippen LogP contribution is 2.51. The van der Waals surface area contributed by atoms with Gasteiger partial charge in [-0.25, -0.2) is 4.98 Å². The predicted molar refractivity (Wildman–Crippen MR) is 121 cm³/mol. The molecule has 0 aliphatic carbocycles. The molecule has 4 rings (SSSR count). The fourth-order valence-electron chi connectivity index (χ4n) is 5.52. The standard InChI is InChI=1S/C25H28F3N3O4/c1-34-21-18(9-6-12-29-21)19-16-30-20(32)15-23(19)10-13-31(14-11-23)22(33)24(35-2,25(26,27)28)17-7-4-3-5-8-17/h3-9,12,19H,10-11,13-16H2,1-2H3,(H,30,32)/t19-,24-/m1/s1. The van der Waals surface area contributed by atoms with Crippen molar-refractivity contribution in [1.29, 1.82) is 0 Å². The third-order valence-corrected chi connectivity index (χ3v) is 7.36. The average Bonchev–Trinajstić information content (AvgIpc) is 2.85. The van der Waals surface area contributed by atoms with Crippen molar-refractivity contribution in [1.82, 2.24) is 15.2 Å². The fraction of sp³-hybridized carbons (Fsp3) is 0.480. The monoisotopic (exact) mass is 491 g/mol. The van der Waals surface area contributed by atoms with Gasteiger partial charge in [0, 0.05) is 56.4 Å². The molecule has 10 heteroatoms. The van der Waals surface area contributed by atoms with Gasteiger partial charge in [-0.1, -0.05) is 36.4 Å². The minimum absolute atomic E-state index is 0.0687. The van der Waals surface area contributed by atoms with E-state index in [0.717, 1.165) is 12.7 Å². The molecule has 2 saturated heterocycles. The Labute approximate surface area is 201 Å². The summed E-state index contributed by atoms with van der Waals surface area (Å²) in [5.41, 5.74) is -3.07. The minimum atomic E-state index is -4.97. The van der Waals surface area contributed by atoms with Crippen LogP contribution in [0, 0.1) is 5.41 Å². The molecule has 1 aromatic heterocycles. The lowest BCUT2D eigenvalue weighted by Gasteiger charge is -2.50. The Kier molecular flexibility index (Phi) is 6.77. The van der Waals surface area contributed by atoms with Crippen molar-refractivity contribution in [3.63, 3.8) is 0 Å². The number of pyridine rings is 1. The summed E-state index contributed by atoms with van der Waals surface area (Å²) in [6.45, 7) is 0.502. The van der Waals surface area contributed by atoms with E-state index in [1.807, 2.05) is 6.07 Å². The van der Waals surface area contributed by atoms with Crippen LogP contribution in [0.4, 0.5) is 13.2 Å². The maximum absolute atomic E-state index is 14.4. The number of carbonyl (C=O) groups is 2. The molecule has 0 saturated carbocycles. The number of hydrogen-bond acceptors (Lipinski definition) is 5. The van der Waals surface area contributed by atoms with Gasteiger partial charge < -0.3 is 19.7 Å². The lowest BCUT2D eigenvalue weighted by Crippen LogP contribution is -2.60. The van der Waals surface area contributed by atoms with E-state index < -0.39 is 23.1 Å². The van der Waals surface area contributed by atoms with E-state index in [1.165, 1.54) is 36.3 Å². The van der Waals surface area contributed by atoms with Gasteiger partial charge in [-0.05, 0) is 24.3 Å². The van der Waals surface area contributed by atoms with Gasteiger partial charge in [0.05, 0.1) is 7.11 Å². The van der Waals surface area contributed by atoms with Crippen LogP contribution in [0.25, 0.3) is 0 Å². The van der Waals surface area contributed by atoms with Crippen molar-refractivity contribution in [3.05, 3.63) is 59.8 Å².